The van der Waals surface area contributed by atoms with Gasteiger partial charge in [-0.15, -0.1) is 10.2 Å². The van der Waals surface area contributed by atoms with Gasteiger partial charge in [-0.3, -0.25) is 0 Å². The molecule has 16 heavy (non-hydrogen) atoms. The van der Waals surface area contributed by atoms with Crippen molar-refractivity contribution in [3.05, 3.63) is 28.9 Å². The van der Waals surface area contributed by atoms with Gasteiger partial charge in [-0.1, -0.05) is 0 Å². The average Bonchev–Trinajstić information content (AvgIpc) is 2.96. The largest absolute Gasteiger partial charge is 0.438 e. The molecule has 5 nitrogen and oxygen atoms in total. The zero-order chi connectivity index (χ0) is 11.0. The summed E-state index contributed by atoms with van der Waals surface area (Å²) in [6.07, 6.45) is 1.36. The van der Waals surface area contributed by atoms with E-state index in [1.54, 1.807) is 11.3 Å². The third-order valence-electron chi connectivity index (χ3n) is 2.13. The normalized spacial score (nSPS) is 10.8. The van der Waals surface area contributed by atoms with Crippen LogP contribution in [-0.2, 0) is 0 Å². The fourth-order valence-electron chi connectivity index (χ4n) is 1.32. The fourth-order valence-corrected chi connectivity index (χ4v) is 1.95. The van der Waals surface area contributed by atoms with E-state index < -0.39 is 0 Å². The molecule has 0 N–H and O–H groups in total. The minimum absolute atomic E-state index is 0.358. The van der Waals surface area contributed by atoms with Gasteiger partial charge in [0.15, 0.2) is 6.39 Å². The summed E-state index contributed by atoms with van der Waals surface area (Å²) in [5, 5.41) is 11.8. The lowest BCUT2D eigenvalue weighted by Gasteiger charge is -1.88. The van der Waals surface area contributed by atoms with E-state index in [-0.39, 0.29) is 0 Å². The molecule has 0 radical (unpaired) electrons. The van der Waals surface area contributed by atoms with E-state index in [1.807, 2.05) is 23.8 Å². The first-order chi connectivity index (χ1) is 7.84. The van der Waals surface area contributed by atoms with Crippen molar-refractivity contribution in [1.82, 2.24) is 15.2 Å². The molecule has 0 fully saturated rings. The molecule has 3 aromatic rings. The molecule has 0 spiro atoms. The van der Waals surface area contributed by atoms with E-state index in [1.165, 1.54) is 6.39 Å². The van der Waals surface area contributed by atoms with Gasteiger partial charge < -0.3 is 8.83 Å². The number of thiophene rings is 1. The van der Waals surface area contributed by atoms with Crippen LogP contribution in [-0.4, -0.2) is 15.2 Å². The van der Waals surface area contributed by atoms with Crippen LogP contribution in [0.3, 0.4) is 0 Å². The van der Waals surface area contributed by atoms with Crippen LogP contribution < -0.4 is 0 Å². The highest BCUT2D eigenvalue weighted by Gasteiger charge is 2.15. The third kappa shape index (κ3) is 1.43. The van der Waals surface area contributed by atoms with Crippen LogP contribution in [0.1, 0.15) is 5.69 Å². The Kier molecular flexibility index (Phi) is 2.07. The van der Waals surface area contributed by atoms with Crippen molar-refractivity contribution in [1.29, 1.82) is 0 Å². The summed E-state index contributed by atoms with van der Waals surface area (Å²) in [6, 6.07) is 1.93. The van der Waals surface area contributed by atoms with E-state index in [2.05, 4.69) is 15.2 Å². The Labute approximate surface area is 94.8 Å². The Morgan fingerprint density at radius 3 is 2.81 bits per heavy atom. The van der Waals surface area contributed by atoms with Crippen molar-refractivity contribution in [3.8, 4) is 23.1 Å². The highest BCUT2D eigenvalue weighted by Crippen LogP contribution is 2.26. The van der Waals surface area contributed by atoms with E-state index in [9.17, 15) is 0 Å². The standard InChI is InChI=1S/C10H7N3O2S/c1-6-8(14-5-11-6)10-13-12-9(15-10)7-2-3-16-4-7/h2-5H,1H3. The van der Waals surface area contributed by atoms with Crippen LogP contribution in [0.5, 0.6) is 0 Å². The van der Waals surface area contributed by atoms with E-state index in [4.69, 9.17) is 8.83 Å². The first-order valence-electron chi connectivity index (χ1n) is 4.61. The smallest absolute Gasteiger partial charge is 0.285 e. The highest BCUT2D eigenvalue weighted by atomic mass is 32.1. The maximum atomic E-state index is 5.50. The van der Waals surface area contributed by atoms with Crippen LogP contribution in [0.2, 0.25) is 0 Å². The Morgan fingerprint density at radius 2 is 2.12 bits per heavy atom. The molecule has 0 amide bonds. The maximum Gasteiger partial charge on any atom is 0.285 e. The van der Waals surface area contributed by atoms with Gasteiger partial charge in [0.05, 0.1) is 5.69 Å². The SMILES string of the molecule is Cc1ncoc1-c1nnc(-c2ccsc2)o1. The zero-order valence-corrected chi connectivity index (χ0v) is 9.19. The van der Waals surface area contributed by atoms with Crippen LogP contribution in [0.4, 0.5) is 0 Å². The van der Waals surface area contributed by atoms with Crippen LogP contribution in [0, 0.1) is 6.92 Å². The topological polar surface area (TPSA) is 65.0 Å². The maximum absolute atomic E-state index is 5.50. The predicted molar refractivity (Wildman–Crippen MR) is 57.8 cm³/mol. The molecule has 0 unspecified atom stereocenters. The van der Waals surface area contributed by atoms with Crippen LogP contribution >= 0.6 is 11.3 Å². The second kappa shape index (κ2) is 3.57. The van der Waals surface area contributed by atoms with Crippen molar-refractivity contribution in [2.24, 2.45) is 0 Å². The van der Waals surface area contributed by atoms with Crippen molar-refractivity contribution < 1.29 is 8.83 Å². The van der Waals surface area contributed by atoms with Gasteiger partial charge >= 0.3 is 0 Å². The molecule has 80 valence electrons. The summed E-state index contributed by atoms with van der Waals surface area (Å²) in [5.41, 5.74) is 1.65. The van der Waals surface area contributed by atoms with Crippen LogP contribution in [0.25, 0.3) is 23.1 Å². The summed E-state index contributed by atoms with van der Waals surface area (Å²) in [7, 11) is 0. The number of oxazole rings is 1. The summed E-state index contributed by atoms with van der Waals surface area (Å²) >= 11 is 1.58. The van der Waals surface area contributed by atoms with Gasteiger partial charge in [-0.2, -0.15) is 11.3 Å². The molecule has 0 aliphatic carbocycles. The monoisotopic (exact) mass is 233 g/mol. The first-order valence-corrected chi connectivity index (χ1v) is 5.55. The number of aromatic nitrogens is 3. The minimum Gasteiger partial charge on any atom is -0.438 e. The van der Waals surface area contributed by atoms with Crippen molar-refractivity contribution in [2.75, 3.05) is 0 Å². The number of rotatable bonds is 2. The molecule has 0 atom stereocenters. The van der Waals surface area contributed by atoms with Gasteiger partial charge in [0.2, 0.25) is 11.7 Å². The highest BCUT2D eigenvalue weighted by molar-refractivity contribution is 7.08. The Balaban J connectivity index is 2.03. The lowest BCUT2D eigenvalue weighted by atomic mass is 10.3. The molecule has 3 aromatic heterocycles. The molecule has 0 bridgehead atoms. The predicted octanol–water partition coefficient (Wildman–Crippen LogP) is 2.76. The number of aryl methyl sites for hydroxylation is 1. The molecule has 0 aliphatic rings. The summed E-state index contributed by atoms with van der Waals surface area (Å²) in [5.74, 6) is 1.37. The van der Waals surface area contributed by atoms with Gasteiger partial charge in [-0.05, 0) is 18.4 Å². The number of hydrogen-bond acceptors (Lipinski definition) is 6. The molecule has 0 aliphatic heterocycles. The second-order valence-electron chi connectivity index (χ2n) is 3.19. The molecule has 0 saturated heterocycles. The van der Waals surface area contributed by atoms with Crippen molar-refractivity contribution in [3.63, 3.8) is 0 Å². The lowest BCUT2D eigenvalue weighted by Crippen LogP contribution is -1.78. The number of nitrogens with zero attached hydrogens (tertiary/aromatic N) is 3. The van der Waals surface area contributed by atoms with Crippen molar-refractivity contribution in [2.45, 2.75) is 6.92 Å². The third-order valence-corrected chi connectivity index (χ3v) is 2.82. The number of hydrogen-bond donors (Lipinski definition) is 0. The molecule has 3 rings (SSSR count). The van der Waals surface area contributed by atoms with Gasteiger partial charge in [0.1, 0.15) is 0 Å². The molecule has 0 saturated carbocycles. The Morgan fingerprint density at radius 1 is 1.25 bits per heavy atom. The van der Waals surface area contributed by atoms with E-state index in [0.29, 0.717) is 17.5 Å². The molecular weight excluding hydrogens is 226 g/mol. The Hall–Kier alpha value is -1.95. The van der Waals surface area contributed by atoms with E-state index >= 15 is 0 Å². The second-order valence-corrected chi connectivity index (χ2v) is 3.97. The first kappa shape index (κ1) is 9.29. The molecule has 0 aromatic carbocycles. The lowest BCUT2D eigenvalue weighted by molar-refractivity contribution is 0.518. The minimum atomic E-state index is 0.358. The molecule has 3 heterocycles. The van der Waals surface area contributed by atoms with Gasteiger partial charge in [0, 0.05) is 10.9 Å². The fraction of sp³-hybridized carbons (Fsp3) is 0.100. The average molecular weight is 233 g/mol. The summed E-state index contributed by atoms with van der Waals surface area (Å²) in [4.78, 5) is 3.97. The summed E-state index contributed by atoms with van der Waals surface area (Å²) in [6.45, 7) is 1.83. The quantitative estimate of drug-likeness (QED) is 0.680. The van der Waals surface area contributed by atoms with Crippen molar-refractivity contribution >= 4 is 11.3 Å². The van der Waals surface area contributed by atoms with Crippen LogP contribution in [0.15, 0.2) is 32.1 Å². The summed E-state index contributed by atoms with van der Waals surface area (Å²) < 4.78 is 10.7. The zero-order valence-electron chi connectivity index (χ0n) is 8.38. The molecular formula is C10H7N3O2S. The van der Waals surface area contributed by atoms with Gasteiger partial charge in [0.25, 0.3) is 5.89 Å². The van der Waals surface area contributed by atoms with Gasteiger partial charge in [-0.25, -0.2) is 4.98 Å². The van der Waals surface area contributed by atoms with E-state index in [0.717, 1.165) is 11.3 Å². The molecule has 6 heteroatoms. The Bertz CT molecular complexity index is 597.